The van der Waals surface area contributed by atoms with Gasteiger partial charge in [0, 0.05) is 31.9 Å². The molecular formula is C12H18ClN3O2. The summed E-state index contributed by atoms with van der Waals surface area (Å²) >= 11 is 0. The molecule has 100 valence electrons. The minimum absolute atomic E-state index is 0. The van der Waals surface area contributed by atoms with E-state index in [2.05, 4.69) is 27.0 Å². The van der Waals surface area contributed by atoms with E-state index in [0.717, 1.165) is 25.3 Å². The highest BCUT2D eigenvalue weighted by Gasteiger charge is 2.21. The number of ether oxygens (including phenoxy) is 1. The van der Waals surface area contributed by atoms with Gasteiger partial charge in [-0.3, -0.25) is 9.88 Å². The van der Waals surface area contributed by atoms with E-state index in [1.807, 2.05) is 6.07 Å². The van der Waals surface area contributed by atoms with Gasteiger partial charge in [0.1, 0.15) is 0 Å². The normalized spacial score (nSPS) is 14.8. The fourth-order valence-corrected chi connectivity index (χ4v) is 1.73. The molecule has 18 heavy (non-hydrogen) atoms. The van der Waals surface area contributed by atoms with E-state index >= 15 is 0 Å². The van der Waals surface area contributed by atoms with Crippen LogP contribution in [0.1, 0.15) is 16.1 Å². The summed E-state index contributed by atoms with van der Waals surface area (Å²) in [6.45, 7) is 2.88. The number of hydrogen-bond donors (Lipinski definition) is 1. The van der Waals surface area contributed by atoms with Gasteiger partial charge in [0.25, 0.3) is 0 Å². The van der Waals surface area contributed by atoms with E-state index in [4.69, 9.17) is 0 Å². The number of aromatic nitrogens is 1. The second kappa shape index (κ2) is 6.68. The molecule has 1 saturated heterocycles. The monoisotopic (exact) mass is 271 g/mol. The molecule has 0 bridgehead atoms. The first-order valence-corrected chi connectivity index (χ1v) is 5.65. The summed E-state index contributed by atoms with van der Waals surface area (Å²) < 4.78 is 4.62. The topological polar surface area (TPSA) is 54.5 Å². The SMILES string of the molecule is COC(=O)c1ccc(CN(C)C2CNC2)nc1.Cl. The van der Waals surface area contributed by atoms with E-state index in [9.17, 15) is 4.79 Å². The van der Waals surface area contributed by atoms with Gasteiger partial charge < -0.3 is 10.1 Å². The van der Waals surface area contributed by atoms with Gasteiger partial charge in [0.15, 0.2) is 0 Å². The van der Waals surface area contributed by atoms with Crippen LogP contribution in [0.3, 0.4) is 0 Å². The summed E-state index contributed by atoms with van der Waals surface area (Å²) in [5.74, 6) is -0.347. The van der Waals surface area contributed by atoms with E-state index in [1.54, 1.807) is 12.3 Å². The molecule has 5 nitrogen and oxygen atoms in total. The van der Waals surface area contributed by atoms with Gasteiger partial charge in [-0.15, -0.1) is 12.4 Å². The highest BCUT2D eigenvalue weighted by molar-refractivity contribution is 5.88. The molecule has 2 rings (SSSR count). The maximum atomic E-state index is 11.2. The molecule has 0 aliphatic carbocycles. The van der Waals surface area contributed by atoms with Crippen LogP contribution in [0.25, 0.3) is 0 Å². The maximum Gasteiger partial charge on any atom is 0.339 e. The predicted molar refractivity (Wildman–Crippen MR) is 70.9 cm³/mol. The van der Waals surface area contributed by atoms with E-state index < -0.39 is 0 Å². The predicted octanol–water partition coefficient (Wildman–Crippen LogP) is 0.694. The van der Waals surface area contributed by atoms with E-state index in [-0.39, 0.29) is 18.4 Å². The number of rotatable bonds is 4. The summed E-state index contributed by atoms with van der Waals surface area (Å²) in [6.07, 6.45) is 1.56. The summed E-state index contributed by atoms with van der Waals surface area (Å²) in [6, 6.07) is 4.22. The molecule has 0 amide bonds. The third-order valence-electron chi connectivity index (χ3n) is 3.04. The molecule has 1 aliphatic rings. The number of esters is 1. The van der Waals surface area contributed by atoms with Crippen molar-refractivity contribution in [3.05, 3.63) is 29.6 Å². The molecule has 1 fully saturated rings. The molecular weight excluding hydrogens is 254 g/mol. The zero-order valence-corrected chi connectivity index (χ0v) is 11.4. The molecule has 0 radical (unpaired) electrons. The van der Waals surface area contributed by atoms with Gasteiger partial charge in [0.05, 0.1) is 18.4 Å². The van der Waals surface area contributed by atoms with Crippen molar-refractivity contribution in [2.45, 2.75) is 12.6 Å². The van der Waals surface area contributed by atoms with Crippen molar-refractivity contribution in [3.63, 3.8) is 0 Å². The average molecular weight is 272 g/mol. The number of carbonyl (C=O) groups is 1. The molecule has 1 aromatic rings. The number of carbonyl (C=O) groups excluding carboxylic acids is 1. The van der Waals surface area contributed by atoms with Crippen LogP contribution >= 0.6 is 12.4 Å². The van der Waals surface area contributed by atoms with Gasteiger partial charge in [-0.05, 0) is 19.2 Å². The minimum atomic E-state index is -0.347. The van der Waals surface area contributed by atoms with Crippen LogP contribution in [-0.2, 0) is 11.3 Å². The Morgan fingerprint density at radius 3 is 2.72 bits per heavy atom. The number of hydrogen-bond acceptors (Lipinski definition) is 5. The third kappa shape index (κ3) is 3.41. The Morgan fingerprint density at radius 2 is 2.28 bits per heavy atom. The third-order valence-corrected chi connectivity index (χ3v) is 3.04. The van der Waals surface area contributed by atoms with Crippen LogP contribution in [0.2, 0.25) is 0 Å². The molecule has 0 atom stereocenters. The first-order valence-electron chi connectivity index (χ1n) is 5.65. The number of pyridine rings is 1. The van der Waals surface area contributed by atoms with Gasteiger partial charge in [-0.1, -0.05) is 0 Å². The number of likely N-dealkylation sites (N-methyl/N-ethyl adjacent to an activating group) is 1. The van der Waals surface area contributed by atoms with Crippen molar-refractivity contribution in [1.29, 1.82) is 0 Å². The summed E-state index contributed by atoms with van der Waals surface area (Å²) in [5.41, 5.74) is 1.45. The number of halogens is 1. The van der Waals surface area contributed by atoms with Crippen molar-refractivity contribution >= 4 is 18.4 Å². The lowest BCUT2D eigenvalue weighted by molar-refractivity contribution is 0.0600. The van der Waals surface area contributed by atoms with Crippen LogP contribution in [0.4, 0.5) is 0 Å². The van der Waals surface area contributed by atoms with Gasteiger partial charge in [-0.2, -0.15) is 0 Å². The van der Waals surface area contributed by atoms with Gasteiger partial charge in [-0.25, -0.2) is 4.79 Å². The molecule has 1 aromatic heterocycles. The van der Waals surface area contributed by atoms with E-state index in [0.29, 0.717) is 11.6 Å². The summed E-state index contributed by atoms with van der Waals surface area (Å²) in [4.78, 5) is 17.8. The molecule has 0 saturated carbocycles. The lowest BCUT2D eigenvalue weighted by Crippen LogP contribution is -2.55. The quantitative estimate of drug-likeness (QED) is 0.817. The van der Waals surface area contributed by atoms with Crippen LogP contribution in [-0.4, -0.2) is 49.1 Å². The van der Waals surface area contributed by atoms with Crippen LogP contribution in [0.5, 0.6) is 0 Å². The Bertz CT molecular complexity index is 393. The minimum Gasteiger partial charge on any atom is -0.465 e. The Morgan fingerprint density at radius 1 is 1.56 bits per heavy atom. The molecule has 0 spiro atoms. The van der Waals surface area contributed by atoms with Crippen molar-refractivity contribution in [1.82, 2.24) is 15.2 Å². The molecule has 1 N–H and O–H groups in total. The second-order valence-corrected chi connectivity index (χ2v) is 4.26. The average Bonchev–Trinajstić information content (AvgIpc) is 2.26. The molecule has 6 heteroatoms. The Kier molecular flexibility index (Phi) is 5.53. The first kappa shape index (κ1) is 14.9. The highest BCUT2D eigenvalue weighted by atomic mass is 35.5. The van der Waals surface area contributed by atoms with Crippen molar-refractivity contribution < 1.29 is 9.53 Å². The lowest BCUT2D eigenvalue weighted by Gasteiger charge is -2.35. The van der Waals surface area contributed by atoms with Gasteiger partial charge >= 0.3 is 5.97 Å². The first-order chi connectivity index (χ1) is 8.20. The fourth-order valence-electron chi connectivity index (χ4n) is 1.73. The standard InChI is InChI=1S/C12H17N3O2.ClH/c1-15(11-6-13-7-11)8-10-4-3-9(5-14-10)12(16)17-2;/h3-5,11,13H,6-8H2,1-2H3;1H. The fraction of sp³-hybridized carbons (Fsp3) is 0.500. The second-order valence-electron chi connectivity index (χ2n) is 4.26. The summed E-state index contributed by atoms with van der Waals surface area (Å²) in [5, 5.41) is 3.24. The molecule has 0 aromatic carbocycles. The van der Waals surface area contributed by atoms with Crippen molar-refractivity contribution in [2.75, 3.05) is 27.2 Å². The number of nitrogens with one attached hydrogen (secondary N) is 1. The highest BCUT2D eigenvalue weighted by Crippen LogP contribution is 2.08. The Hall–Kier alpha value is -1.17. The number of methoxy groups -OCH3 is 1. The smallest absolute Gasteiger partial charge is 0.339 e. The summed E-state index contributed by atoms with van der Waals surface area (Å²) in [7, 11) is 3.45. The lowest BCUT2D eigenvalue weighted by atomic mass is 10.1. The zero-order chi connectivity index (χ0) is 12.3. The Labute approximate surface area is 113 Å². The van der Waals surface area contributed by atoms with Crippen LogP contribution in [0, 0.1) is 0 Å². The molecule has 2 heterocycles. The largest absolute Gasteiger partial charge is 0.465 e. The maximum absolute atomic E-state index is 11.2. The van der Waals surface area contributed by atoms with Gasteiger partial charge in [0.2, 0.25) is 0 Å². The van der Waals surface area contributed by atoms with Crippen molar-refractivity contribution in [3.8, 4) is 0 Å². The molecule has 0 unspecified atom stereocenters. The van der Waals surface area contributed by atoms with E-state index in [1.165, 1.54) is 7.11 Å². The number of nitrogens with zero attached hydrogens (tertiary/aromatic N) is 2. The van der Waals surface area contributed by atoms with Crippen LogP contribution in [0.15, 0.2) is 18.3 Å². The Balaban J connectivity index is 0.00000162. The van der Waals surface area contributed by atoms with Crippen LogP contribution < -0.4 is 5.32 Å². The zero-order valence-electron chi connectivity index (χ0n) is 10.5. The molecule has 1 aliphatic heterocycles. The van der Waals surface area contributed by atoms with Crippen molar-refractivity contribution in [2.24, 2.45) is 0 Å².